The molecule has 1 atom stereocenters. The summed E-state index contributed by atoms with van der Waals surface area (Å²) >= 11 is 4.64. The largest absolute Gasteiger partial charge is 0.394 e. The van der Waals surface area contributed by atoms with Crippen LogP contribution in [0.2, 0.25) is 0 Å². The maximum atomic E-state index is 8.11. The maximum absolute atomic E-state index is 8.11. The van der Waals surface area contributed by atoms with E-state index in [2.05, 4.69) is 30.8 Å². The summed E-state index contributed by atoms with van der Waals surface area (Å²) in [4.78, 5) is 0. The van der Waals surface area contributed by atoms with Crippen molar-refractivity contribution in [3.05, 3.63) is 0 Å². The van der Waals surface area contributed by atoms with Gasteiger partial charge in [0.25, 0.3) is 0 Å². The van der Waals surface area contributed by atoms with Crippen LogP contribution in [0.4, 0.5) is 0 Å². The van der Waals surface area contributed by atoms with E-state index in [1.807, 2.05) is 0 Å². The molecule has 0 aromatic rings. The van der Waals surface area contributed by atoms with Crippen molar-refractivity contribution in [2.75, 3.05) is 26.1 Å². The van der Waals surface area contributed by atoms with Crippen LogP contribution in [-0.2, 0) is 0 Å². The Bertz CT molecular complexity index is 52.3. The summed E-state index contributed by atoms with van der Waals surface area (Å²) in [5, 5.41) is 19.1. The Hall–Kier alpha value is 0.170. The molecule has 0 saturated heterocycles. The molecule has 0 aliphatic carbocycles. The van der Waals surface area contributed by atoms with E-state index in [0.29, 0.717) is 0 Å². The van der Waals surface area contributed by atoms with Crippen molar-refractivity contribution in [1.82, 2.24) is 5.32 Å². The van der Waals surface area contributed by atoms with Crippen molar-refractivity contribution in [1.29, 1.82) is 0 Å². The first-order chi connectivity index (χ1) is 5.68. The molecule has 0 aliphatic rings. The van der Waals surface area contributed by atoms with Gasteiger partial charge in [-0.1, -0.05) is 13.8 Å². The van der Waals surface area contributed by atoms with Crippen molar-refractivity contribution in [2.45, 2.75) is 26.9 Å². The molecule has 0 amide bonds. The number of halogens is 1. The third-order valence-corrected chi connectivity index (χ3v) is 0.764. The smallest absolute Gasteiger partial charge is 0.0742 e. The Labute approximate surface area is 80.7 Å². The lowest BCUT2D eigenvalue weighted by Gasteiger charge is -1.90. The van der Waals surface area contributed by atoms with Crippen LogP contribution in [-0.4, -0.2) is 42.4 Å². The summed E-state index contributed by atoms with van der Waals surface area (Å²) < 4.78 is 0. The average Bonchev–Trinajstić information content (AvgIpc) is 2.10. The SMILES string of the molecule is CC(O)CO.CCNCC.CCl. The molecule has 3 N–H and O–H groups in total. The fourth-order valence-corrected chi connectivity index (χ4v) is 0.250. The molecule has 0 aliphatic heterocycles. The highest BCUT2D eigenvalue weighted by molar-refractivity contribution is 6.15. The fourth-order valence-electron chi connectivity index (χ4n) is 0.250. The van der Waals surface area contributed by atoms with Crippen LogP contribution in [0.5, 0.6) is 0 Å². The summed E-state index contributed by atoms with van der Waals surface area (Å²) in [6.07, 6.45) is 0.912. The molecule has 0 aromatic carbocycles. The number of rotatable bonds is 3. The van der Waals surface area contributed by atoms with Gasteiger partial charge < -0.3 is 15.5 Å². The molecule has 3 nitrogen and oxygen atoms in total. The number of aliphatic hydroxyl groups excluding tert-OH is 2. The third kappa shape index (κ3) is 49.2. The summed E-state index contributed by atoms with van der Waals surface area (Å²) in [7, 11) is 0. The molecule has 12 heavy (non-hydrogen) atoms. The molecular weight excluding hydrogens is 178 g/mol. The molecule has 0 heterocycles. The number of aliphatic hydroxyl groups is 2. The van der Waals surface area contributed by atoms with Gasteiger partial charge in [-0.2, -0.15) is 0 Å². The Morgan fingerprint density at radius 2 is 1.50 bits per heavy atom. The number of hydrogen-bond acceptors (Lipinski definition) is 3. The molecule has 0 radical (unpaired) electrons. The van der Waals surface area contributed by atoms with E-state index in [-0.39, 0.29) is 6.61 Å². The molecule has 4 heteroatoms. The minimum absolute atomic E-state index is 0.139. The van der Waals surface area contributed by atoms with E-state index in [9.17, 15) is 0 Å². The van der Waals surface area contributed by atoms with Crippen LogP contribution >= 0.6 is 11.6 Å². The highest BCUT2D eigenvalue weighted by atomic mass is 35.5. The van der Waals surface area contributed by atoms with Gasteiger partial charge in [-0.3, -0.25) is 0 Å². The van der Waals surface area contributed by atoms with E-state index in [1.54, 1.807) is 0 Å². The van der Waals surface area contributed by atoms with Gasteiger partial charge in [0.05, 0.1) is 12.7 Å². The van der Waals surface area contributed by atoms with Crippen LogP contribution in [0.25, 0.3) is 0 Å². The molecule has 0 spiro atoms. The second kappa shape index (κ2) is 22.5. The highest BCUT2D eigenvalue weighted by Crippen LogP contribution is 1.68. The number of nitrogens with one attached hydrogen (secondary N) is 1. The van der Waals surface area contributed by atoms with Crippen molar-refractivity contribution in [3.8, 4) is 0 Å². The van der Waals surface area contributed by atoms with Crippen LogP contribution in [0.1, 0.15) is 20.8 Å². The maximum Gasteiger partial charge on any atom is 0.0742 e. The number of hydrogen-bond donors (Lipinski definition) is 3. The lowest BCUT2D eigenvalue weighted by molar-refractivity contribution is 0.110. The van der Waals surface area contributed by atoms with Gasteiger partial charge in [0, 0.05) is 6.38 Å². The Balaban J connectivity index is -0.000000112. The zero-order chi connectivity index (χ0) is 10.4. The average molecular weight is 200 g/mol. The number of alkyl halides is 1. The van der Waals surface area contributed by atoms with Crippen molar-refractivity contribution >= 4 is 11.6 Å². The summed E-state index contributed by atoms with van der Waals surface area (Å²) in [6.45, 7) is 7.78. The van der Waals surface area contributed by atoms with E-state index in [0.717, 1.165) is 13.1 Å². The minimum atomic E-state index is -0.560. The molecular formula is C8H22ClNO2. The van der Waals surface area contributed by atoms with Crippen molar-refractivity contribution < 1.29 is 10.2 Å². The molecule has 78 valence electrons. The van der Waals surface area contributed by atoms with Gasteiger partial charge in [-0.05, 0) is 20.0 Å². The van der Waals surface area contributed by atoms with Gasteiger partial charge >= 0.3 is 0 Å². The molecule has 0 saturated carbocycles. The second-order valence-electron chi connectivity index (χ2n) is 1.99. The molecule has 1 unspecified atom stereocenters. The van der Waals surface area contributed by atoms with Crippen LogP contribution in [0.3, 0.4) is 0 Å². The molecule has 0 fully saturated rings. The topological polar surface area (TPSA) is 52.5 Å². The van der Waals surface area contributed by atoms with Crippen LogP contribution < -0.4 is 5.32 Å². The molecule has 0 bridgehead atoms. The normalized spacial score (nSPS) is 10.2. The summed E-state index contributed by atoms with van der Waals surface area (Å²) in [5.41, 5.74) is 0. The lowest BCUT2D eigenvalue weighted by Crippen LogP contribution is -2.09. The van der Waals surface area contributed by atoms with E-state index < -0.39 is 6.10 Å². The zero-order valence-corrected chi connectivity index (χ0v) is 9.23. The molecule has 0 aromatic heterocycles. The standard InChI is InChI=1S/C4H11N.C3H8O2.CH3Cl/c1-3-5-4-2;1-3(5)2-4;1-2/h5H,3-4H2,1-2H3;3-5H,2H2,1H3;1H3. The van der Waals surface area contributed by atoms with E-state index in [1.165, 1.54) is 13.3 Å². The van der Waals surface area contributed by atoms with Crippen LogP contribution in [0, 0.1) is 0 Å². The zero-order valence-electron chi connectivity index (χ0n) is 8.47. The van der Waals surface area contributed by atoms with Gasteiger partial charge in [-0.15, -0.1) is 11.6 Å². The third-order valence-electron chi connectivity index (χ3n) is 0.764. The van der Waals surface area contributed by atoms with Gasteiger partial charge in [0.15, 0.2) is 0 Å². The molecule has 0 rings (SSSR count). The van der Waals surface area contributed by atoms with E-state index >= 15 is 0 Å². The fraction of sp³-hybridized carbons (Fsp3) is 1.00. The first-order valence-electron chi connectivity index (χ1n) is 4.06. The highest BCUT2D eigenvalue weighted by Gasteiger charge is 1.83. The van der Waals surface area contributed by atoms with Gasteiger partial charge in [0.1, 0.15) is 0 Å². The predicted octanol–water partition coefficient (Wildman–Crippen LogP) is 0.830. The summed E-state index contributed by atoms with van der Waals surface area (Å²) in [6, 6.07) is 0. The van der Waals surface area contributed by atoms with Crippen molar-refractivity contribution in [2.24, 2.45) is 0 Å². The van der Waals surface area contributed by atoms with Crippen LogP contribution in [0.15, 0.2) is 0 Å². The predicted molar refractivity (Wildman–Crippen MR) is 54.8 cm³/mol. The Morgan fingerprint density at radius 1 is 1.25 bits per heavy atom. The minimum Gasteiger partial charge on any atom is -0.394 e. The van der Waals surface area contributed by atoms with E-state index in [4.69, 9.17) is 10.2 Å². The first-order valence-corrected chi connectivity index (χ1v) is 4.82. The van der Waals surface area contributed by atoms with Gasteiger partial charge in [-0.25, -0.2) is 0 Å². The Morgan fingerprint density at radius 3 is 1.50 bits per heavy atom. The quantitative estimate of drug-likeness (QED) is 0.591. The van der Waals surface area contributed by atoms with Crippen molar-refractivity contribution in [3.63, 3.8) is 0 Å². The summed E-state index contributed by atoms with van der Waals surface area (Å²) in [5.74, 6) is 0. The Kier molecular flexibility index (Phi) is 33.8. The van der Waals surface area contributed by atoms with Gasteiger partial charge in [0.2, 0.25) is 0 Å². The lowest BCUT2D eigenvalue weighted by atomic mass is 10.5. The second-order valence-corrected chi connectivity index (χ2v) is 1.99. The monoisotopic (exact) mass is 199 g/mol. The first kappa shape index (κ1) is 18.1.